The molecule has 122 valence electrons. The lowest BCUT2D eigenvalue weighted by Crippen LogP contribution is -2.19. The molecule has 0 spiro atoms. The average Bonchev–Trinajstić information content (AvgIpc) is 2.62. The summed E-state index contributed by atoms with van der Waals surface area (Å²) >= 11 is 0. The summed E-state index contributed by atoms with van der Waals surface area (Å²) in [4.78, 5) is 34.7. The van der Waals surface area contributed by atoms with Crippen molar-refractivity contribution in [3.8, 4) is 0 Å². The van der Waals surface area contributed by atoms with E-state index in [9.17, 15) is 9.59 Å². The fraction of sp³-hybridized carbons (Fsp3) is 0.111. The third kappa shape index (κ3) is 2.92. The summed E-state index contributed by atoms with van der Waals surface area (Å²) in [5.41, 5.74) is 0.636. The lowest BCUT2D eigenvalue weighted by Gasteiger charge is -2.17. The van der Waals surface area contributed by atoms with Crippen LogP contribution in [0.1, 0.15) is 15.9 Å². The average molecular weight is 325 g/mol. The van der Waals surface area contributed by atoms with Gasteiger partial charge in [0.05, 0.1) is 19.9 Å². The summed E-state index contributed by atoms with van der Waals surface area (Å²) in [7, 11) is 2.90. The number of carbonyl (C=O) groups excluding carboxylic acids is 1. The third-order valence-electron chi connectivity index (χ3n) is 3.54. The Morgan fingerprint density at radius 2 is 1.71 bits per heavy atom. The lowest BCUT2D eigenvalue weighted by atomic mass is 10.0. The molecule has 2 aromatic carbocycles. The Balaban J connectivity index is 2.07. The van der Waals surface area contributed by atoms with Crippen molar-refractivity contribution in [3.05, 3.63) is 76.1 Å². The van der Waals surface area contributed by atoms with Crippen LogP contribution in [-0.2, 0) is 9.68 Å². The first-order valence-corrected chi connectivity index (χ1v) is 7.20. The molecule has 6 nitrogen and oxygen atoms in total. The van der Waals surface area contributed by atoms with Gasteiger partial charge >= 0.3 is 5.63 Å². The molecule has 0 unspecified atom stereocenters. The topological polar surface area (TPSA) is 69.0 Å². The molecule has 1 aromatic heterocycles. The molecule has 0 saturated heterocycles. The normalized spacial score (nSPS) is 10.8. The van der Waals surface area contributed by atoms with Crippen molar-refractivity contribution in [2.24, 2.45) is 0 Å². The predicted molar refractivity (Wildman–Crippen MR) is 88.9 cm³/mol. The van der Waals surface area contributed by atoms with Crippen LogP contribution in [0.3, 0.4) is 0 Å². The molecule has 24 heavy (non-hydrogen) atoms. The van der Waals surface area contributed by atoms with Gasteiger partial charge < -0.3 is 4.42 Å². The van der Waals surface area contributed by atoms with Crippen LogP contribution in [0, 0.1) is 0 Å². The first-order chi connectivity index (χ1) is 11.6. The standard InChI is InChI=1S/C18H15NO5/c1-22-19(23-2)14-9-8-13-10-15(18(21)24-16(13)11-14)17(20)12-6-4-3-5-7-12/h3-11H,1-2H3. The quantitative estimate of drug-likeness (QED) is 0.408. The monoisotopic (exact) mass is 325 g/mol. The van der Waals surface area contributed by atoms with E-state index in [1.165, 1.54) is 25.5 Å². The lowest BCUT2D eigenvalue weighted by molar-refractivity contribution is -0.0432. The molecule has 6 heteroatoms. The van der Waals surface area contributed by atoms with Gasteiger partial charge in [-0.15, -0.1) is 5.23 Å². The van der Waals surface area contributed by atoms with Crippen molar-refractivity contribution < 1.29 is 18.9 Å². The van der Waals surface area contributed by atoms with Crippen LogP contribution in [-0.4, -0.2) is 20.0 Å². The van der Waals surface area contributed by atoms with Gasteiger partial charge in [-0.2, -0.15) is 0 Å². The molecule has 0 bridgehead atoms. The highest BCUT2D eigenvalue weighted by atomic mass is 16.9. The van der Waals surface area contributed by atoms with E-state index in [1.807, 2.05) is 0 Å². The van der Waals surface area contributed by atoms with E-state index < -0.39 is 5.63 Å². The van der Waals surface area contributed by atoms with Crippen molar-refractivity contribution in [2.75, 3.05) is 19.4 Å². The van der Waals surface area contributed by atoms with E-state index in [0.29, 0.717) is 22.2 Å². The summed E-state index contributed by atoms with van der Waals surface area (Å²) in [6.07, 6.45) is 0. The number of hydrogen-bond acceptors (Lipinski definition) is 6. The first kappa shape index (κ1) is 15.9. The smallest absolute Gasteiger partial charge is 0.347 e. The maximum Gasteiger partial charge on any atom is 0.347 e. The zero-order valence-electron chi connectivity index (χ0n) is 13.2. The van der Waals surface area contributed by atoms with Gasteiger partial charge in [-0.3, -0.25) is 14.5 Å². The SMILES string of the molecule is CON(OC)c1ccc2cc(C(=O)c3ccccc3)c(=O)oc2c1. The Morgan fingerprint density at radius 1 is 1.00 bits per heavy atom. The molecule has 0 aliphatic carbocycles. The predicted octanol–water partition coefficient (Wildman–Crippen LogP) is 2.95. The van der Waals surface area contributed by atoms with Gasteiger partial charge in [-0.05, 0) is 18.2 Å². The Labute approximate surface area is 137 Å². The van der Waals surface area contributed by atoms with Gasteiger partial charge in [0.15, 0.2) is 5.78 Å². The fourth-order valence-corrected chi connectivity index (χ4v) is 2.40. The number of rotatable bonds is 5. The number of nitrogens with zero attached hydrogens (tertiary/aromatic N) is 1. The zero-order valence-corrected chi connectivity index (χ0v) is 13.2. The van der Waals surface area contributed by atoms with Crippen LogP contribution in [0.4, 0.5) is 5.69 Å². The molecular weight excluding hydrogens is 310 g/mol. The molecule has 1 heterocycles. The van der Waals surface area contributed by atoms with Crippen molar-refractivity contribution in [1.29, 1.82) is 0 Å². The van der Waals surface area contributed by atoms with E-state index in [0.717, 1.165) is 0 Å². The molecule has 0 N–H and O–H groups in total. The molecule has 3 rings (SSSR count). The van der Waals surface area contributed by atoms with Crippen molar-refractivity contribution >= 4 is 22.4 Å². The van der Waals surface area contributed by atoms with Crippen LogP contribution >= 0.6 is 0 Å². The molecule has 0 amide bonds. The molecule has 0 saturated carbocycles. The second-order valence-electron chi connectivity index (χ2n) is 4.99. The van der Waals surface area contributed by atoms with Gasteiger partial charge in [-0.1, -0.05) is 30.3 Å². The number of fused-ring (bicyclic) bond motifs is 1. The first-order valence-electron chi connectivity index (χ1n) is 7.20. The Kier molecular flexibility index (Phi) is 4.41. The molecule has 0 fully saturated rings. The highest BCUT2D eigenvalue weighted by Crippen LogP contribution is 2.22. The van der Waals surface area contributed by atoms with Gasteiger partial charge in [-0.25, -0.2) is 4.79 Å². The van der Waals surface area contributed by atoms with Crippen molar-refractivity contribution in [3.63, 3.8) is 0 Å². The second kappa shape index (κ2) is 6.66. The number of benzene rings is 2. The number of hydrogen-bond donors (Lipinski definition) is 0. The molecule has 0 atom stereocenters. The minimum absolute atomic E-state index is 0.00297. The van der Waals surface area contributed by atoms with Gasteiger partial charge in [0.25, 0.3) is 0 Å². The van der Waals surface area contributed by atoms with Crippen molar-refractivity contribution in [2.45, 2.75) is 0 Å². The summed E-state index contributed by atoms with van der Waals surface area (Å²) in [6, 6.07) is 15.2. The van der Waals surface area contributed by atoms with E-state index in [4.69, 9.17) is 14.1 Å². The van der Waals surface area contributed by atoms with E-state index in [-0.39, 0.29) is 11.3 Å². The maximum absolute atomic E-state index is 12.5. The fourth-order valence-electron chi connectivity index (χ4n) is 2.40. The second-order valence-corrected chi connectivity index (χ2v) is 4.99. The van der Waals surface area contributed by atoms with E-state index >= 15 is 0 Å². The van der Waals surface area contributed by atoms with Crippen LogP contribution in [0.2, 0.25) is 0 Å². The van der Waals surface area contributed by atoms with Gasteiger partial charge in [0.1, 0.15) is 11.1 Å². The minimum Gasteiger partial charge on any atom is -0.422 e. The minimum atomic E-state index is -0.685. The Bertz CT molecular complexity index is 929. The molecule has 0 radical (unpaired) electrons. The summed E-state index contributed by atoms with van der Waals surface area (Å²) in [6.45, 7) is 0. The number of anilines is 1. The van der Waals surface area contributed by atoms with Crippen LogP contribution < -0.4 is 10.9 Å². The maximum atomic E-state index is 12.5. The Hall–Kier alpha value is -2.96. The van der Waals surface area contributed by atoms with Crippen LogP contribution in [0.25, 0.3) is 11.0 Å². The molecule has 0 aliphatic rings. The highest BCUT2D eigenvalue weighted by Gasteiger charge is 2.16. The van der Waals surface area contributed by atoms with Crippen LogP contribution in [0.15, 0.2) is 63.8 Å². The molecular formula is C18H15NO5. The largest absolute Gasteiger partial charge is 0.422 e. The highest BCUT2D eigenvalue weighted by molar-refractivity contribution is 6.09. The summed E-state index contributed by atoms with van der Waals surface area (Å²) in [5, 5.41) is 1.80. The molecule has 0 aliphatic heterocycles. The van der Waals surface area contributed by atoms with E-state index in [2.05, 4.69) is 0 Å². The van der Waals surface area contributed by atoms with E-state index in [1.54, 1.807) is 48.5 Å². The zero-order chi connectivity index (χ0) is 17.1. The Morgan fingerprint density at radius 3 is 2.38 bits per heavy atom. The van der Waals surface area contributed by atoms with Gasteiger partial charge in [0.2, 0.25) is 0 Å². The number of carbonyl (C=O) groups is 1. The van der Waals surface area contributed by atoms with Crippen molar-refractivity contribution in [1.82, 2.24) is 0 Å². The van der Waals surface area contributed by atoms with Gasteiger partial charge in [0, 0.05) is 17.0 Å². The molecule has 3 aromatic rings. The number of ketones is 1. The third-order valence-corrected chi connectivity index (χ3v) is 3.54. The van der Waals surface area contributed by atoms with Crippen LogP contribution in [0.5, 0.6) is 0 Å². The summed E-state index contributed by atoms with van der Waals surface area (Å²) < 4.78 is 5.30. The summed E-state index contributed by atoms with van der Waals surface area (Å²) in [5.74, 6) is -0.370.